The van der Waals surface area contributed by atoms with Gasteiger partial charge in [0, 0.05) is 80.5 Å². The first-order valence-corrected chi connectivity index (χ1v) is 12.8. The zero-order chi connectivity index (χ0) is 26.4. The molecule has 196 valence electrons. The summed E-state index contributed by atoms with van der Waals surface area (Å²) in [6.07, 6.45) is 8.92. The third-order valence-corrected chi connectivity index (χ3v) is 7.39. The molecule has 2 aliphatic carbocycles. The second kappa shape index (κ2) is 9.68. The molecule has 2 fully saturated rings. The summed E-state index contributed by atoms with van der Waals surface area (Å²) in [7, 11) is 3.44. The predicted molar refractivity (Wildman–Crippen MR) is 142 cm³/mol. The number of imidazole rings is 1. The van der Waals surface area contributed by atoms with Crippen LogP contribution in [0.1, 0.15) is 39.9 Å². The summed E-state index contributed by atoms with van der Waals surface area (Å²) < 4.78 is 23.5. The number of ether oxygens (including phenoxy) is 1. The van der Waals surface area contributed by atoms with Gasteiger partial charge in [0.25, 0.3) is 5.91 Å². The van der Waals surface area contributed by atoms with E-state index < -0.39 is 0 Å². The van der Waals surface area contributed by atoms with E-state index in [1.54, 1.807) is 13.2 Å². The number of benzene rings is 1. The van der Waals surface area contributed by atoms with Crippen molar-refractivity contribution in [2.45, 2.75) is 19.3 Å². The van der Waals surface area contributed by atoms with Crippen molar-refractivity contribution in [1.82, 2.24) is 19.9 Å². The second-order valence-electron chi connectivity index (χ2n) is 9.92. The van der Waals surface area contributed by atoms with Crippen LogP contribution in [0, 0.1) is 11.7 Å². The van der Waals surface area contributed by atoms with E-state index in [-0.39, 0.29) is 23.5 Å². The topological polar surface area (TPSA) is 101 Å². The lowest BCUT2D eigenvalue weighted by Crippen LogP contribution is -2.37. The molecule has 2 amide bonds. The Morgan fingerprint density at radius 1 is 1.16 bits per heavy atom. The molecule has 38 heavy (non-hydrogen) atoms. The molecule has 0 bridgehead atoms. The average Bonchev–Trinajstić information content (AvgIpc) is 3.55. The zero-order valence-corrected chi connectivity index (χ0v) is 21.4. The van der Waals surface area contributed by atoms with Gasteiger partial charge in [-0.05, 0) is 42.2 Å². The molecule has 10 heteroatoms. The number of fused-ring (bicyclic) bond motifs is 1. The average molecular weight is 517 g/mol. The van der Waals surface area contributed by atoms with E-state index in [0.717, 1.165) is 29.7 Å². The van der Waals surface area contributed by atoms with Crippen LogP contribution in [0.15, 0.2) is 30.7 Å². The SMILES string of the molecule is CNC(=O)c1cnc(NC(=O)C2CC2)c2c1C=C(c1c(F)cc(-c3nccn3C)cc1N1CCOCC1)C2. The fourth-order valence-corrected chi connectivity index (χ4v) is 5.21. The van der Waals surface area contributed by atoms with E-state index in [2.05, 4.69) is 25.5 Å². The molecule has 1 saturated heterocycles. The molecular weight excluding hydrogens is 487 g/mol. The summed E-state index contributed by atoms with van der Waals surface area (Å²) in [6, 6.07) is 3.49. The Kier molecular flexibility index (Phi) is 6.19. The number of rotatable bonds is 6. The van der Waals surface area contributed by atoms with Crippen LogP contribution >= 0.6 is 0 Å². The van der Waals surface area contributed by atoms with Crippen molar-refractivity contribution in [1.29, 1.82) is 0 Å². The summed E-state index contributed by atoms with van der Waals surface area (Å²) in [6.45, 7) is 2.36. The number of pyridine rings is 1. The smallest absolute Gasteiger partial charge is 0.253 e. The van der Waals surface area contributed by atoms with E-state index in [4.69, 9.17) is 4.74 Å². The van der Waals surface area contributed by atoms with E-state index in [1.807, 2.05) is 30.0 Å². The Hall–Kier alpha value is -4.05. The molecule has 9 nitrogen and oxygen atoms in total. The van der Waals surface area contributed by atoms with Gasteiger partial charge in [-0.25, -0.2) is 14.4 Å². The minimum absolute atomic E-state index is 0.00364. The number of allylic oxidation sites excluding steroid dienone is 1. The number of halogens is 1. The Balaban J connectivity index is 1.46. The van der Waals surface area contributed by atoms with Gasteiger partial charge in [0.15, 0.2) is 0 Å². The number of carbonyl (C=O) groups is 2. The standard InChI is InChI=1S/C28H29FN6O3/c1-30-28(37)21-15-32-25(33-27(36)16-3-4-16)20-12-17(11-19(20)21)24-22(29)13-18(26-31-5-6-34(26)2)14-23(24)35-7-9-38-10-8-35/h5-6,11,13-16H,3-4,7-10,12H2,1-2H3,(H,30,37)(H,32,33,36). The van der Waals surface area contributed by atoms with E-state index in [1.165, 1.54) is 12.3 Å². The van der Waals surface area contributed by atoms with Crippen molar-refractivity contribution in [2.75, 3.05) is 43.6 Å². The number of aryl methyl sites for hydroxylation is 1. The molecule has 1 saturated carbocycles. The quantitative estimate of drug-likeness (QED) is 0.522. The van der Waals surface area contributed by atoms with Gasteiger partial charge >= 0.3 is 0 Å². The van der Waals surface area contributed by atoms with Crippen molar-refractivity contribution < 1.29 is 18.7 Å². The van der Waals surface area contributed by atoms with Gasteiger partial charge in [0.2, 0.25) is 5.91 Å². The molecule has 6 rings (SSSR count). The van der Waals surface area contributed by atoms with Crippen LogP contribution in [0.25, 0.3) is 23.0 Å². The van der Waals surface area contributed by atoms with Gasteiger partial charge in [-0.2, -0.15) is 0 Å². The lowest BCUT2D eigenvalue weighted by Gasteiger charge is -2.31. The molecule has 0 unspecified atom stereocenters. The van der Waals surface area contributed by atoms with Crippen LogP contribution in [-0.2, 0) is 23.0 Å². The highest BCUT2D eigenvalue weighted by atomic mass is 19.1. The lowest BCUT2D eigenvalue weighted by molar-refractivity contribution is -0.117. The summed E-state index contributed by atoms with van der Waals surface area (Å²) in [4.78, 5) is 36.2. The number of anilines is 2. The van der Waals surface area contributed by atoms with Crippen LogP contribution in [0.4, 0.5) is 15.9 Å². The normalized spacial score (nSPS) is 16.7. The first-order valence-electron chi connectivity index (χ1n) is 12.8. The van der Waals surface area contributed by atoms with E-state index in [9.17, 15) is 9.59 Å². The molecular formula is C28H29FN6O3. The Morgan fingerprint density at radius 2 is 1.95 bits per heavy atom. The first-order chi connectivity index (χ1) is 18.4. The highest BCUT2D eigenvalue weighted by Gasteiger charge is 2.33. The van der Waals surface area contributed by atoms with Crippen LogP contribution in [-0.4, -0.2) is 59.7 Å². The van der Waals surface area contributed by atoms with Gasteiger partial charge in [-0.15, -0.1) is 0 Å². The maximum absolute atomic E-state index is 16.1. The molecule has 1 aliphatic heterocycles. The Labute approximate surface area is 219 Å². The van der Waals surface area contributed by atoms with Gasteiger partial charge in [0.1, 0.15) is 17.5 Å². The number of hydrogen-bond donors (Lipinski definition) is 2. The molecule has 2 aromatic heterocycles. The number of morpholine rings is 1. The van der Waals surface area contributed by atoms with Gasteiger partial charge in [0.05, 0.1) is 18.8 Å². The maximum Gasteiger partial charge on any atom is 0.253 e. The summed E-state index contributed by atoms with van der Waals surface area (Å²) in [5.41, 5.74) is 4.40. The number of carbonyl (C=O) groups excluding carboxylic acids is 2. The van der Waals surface area contributed by atoms with Gasteiger partial charge in [-0.1, -0.05) is 0 Å². The summed E-state index contributed by atoms with van der Waals surface area (Å²) in [5, 5.41) is 5.60. The molecule has 1 aromatic carbocycles. The van der Waals surface area contributed by atoms with Gasteiger partial charge < -0.3 is 24.8 Å². The number of amides is 2. The maximum atomic E-state index is 16.1. The van der Waals surface area contributed by atoms with Crippen molar-refractivity contribution in [3.05, 3.63) is 58.8 Å². The van der Waals surface area contributed by atoms with Crippen LogP contribution < -0.4 is 15.5 Å². The molecule has 3 heterocycles. The second-order valence-corrected chi connectivity index (χ2v) is 9.92. The zero-order valence-electron chi connectivity index (χ0n) is 21.4. The molecule has 3 aliphatic rings. The Morgan fingerprint density at radius 3 is 2.63 bits per heavy atom. The van der Waals surface area contributed by atoms with Crippen LogP contribution in [0.2, 0.25) is 0 Å². The van der Waals surface area contributed by atoms with Crippen molar-refractivity contribution in [3.63, 3.8) is 0 Å². The van der Waals surface area contributed by atoms with Crippen molar-refractivity contribution in [2.24, 2.45) is 13.0 Å². The van der Waals surface area contributed by atoms with E-state index >= 15 is 4.39 Å². The van der Waals surface area contributed by atoms with Crippen molar-refractivity contribution in [3.8, 4) is 11.4 Å². The third kappa shape index (κ3) is 4.34. The molecule has 2 N–H and O–H groups in total. The molecule has 0 radical (unpaired) electrons. The highest BCUT2D eigenvalue weighted by molar-refractivity contribution is 6.05. The minimum Gasteiger partial charge on any atom is -0.378 e. The summed E-state index contributed by atoms with van der Waals surface area (Å²) in [5.74, 6) is 0.373. The first kappa shape index (κ1) is 24.3. The van der Waals surface area contributed by atoms with Gasteiger partial charge in [-0.3, -0.25) is 9.59 Å². The minimum atomic E-state index is -0.371. The largest absolute Gasteiger partial charge is 0.378 e. The fraction of sp³-hybridized carbons (Fsp3) is 0.357. The molecule has 3 aromatic rings. The number of aromatic nitrogens is 3. The molecule has 0 atom stereocenters. The highest BCUT2D eigenvalue weighted by Crippen LogP contribution is 2.43. The van der Waals surface area contributed by atoms with Crippen LogP contribution in [0.3, 0.4) is 0 Å². The monoisotopic (exact) mass is 516 g/mol. The fourth-order valence-electron chi connectivity index (χ4n) is 5.21. The van der Waals surface area contributed by atoms with Crippen molar-refractivity contribution >= 4 is 35.0 Å². The third-order valence-electron chi connectivity index (χ3n) is 7.39. The lowest BCUT2D eigenvalue weighted by atomic mass is 9.97. The Bertz CT molecular complexity index is 1470. The van der Waals surface area contributed by atoms with E-state index in [0.29, 0.717) is 66.6 Å². The number of nitrogens with zero attached hydrogens (tertiary/aromatic N) is 4. The number of nitrogens with one attached hydrogen (secondary N) is 2. The predicted octanol–water partition coefficient (Wildman–Crippen LogP) is 3.26. The van der Waals surface area contributed by atoms with Crippen LogP contribution in [0.5, 0.6) is 0 Å². The summed E-state index contributed by atoms with van der Waals surface area (Å²) >= 11 is 0. The number of hydrogen-bond acceptors (Lipinski definition) is 6. The molecule has 0 spiro atoms.